The third-order valence-corrected chi connectivity index (χ3v) is 8.66. The second-order valence-corrected chi connectivity index (χ2v) is 12.0. The molecule has 2 saturated heterocycles. The number of likely N-dealkylation sites (tertiary alicyclic amines) is 1. The highest BCUT2D eigenvalue weighted by molar-refractivity contribution is 5.56. The molecule has 37 heavy (non-hydrogen) atoms. The van der Waals surface area contributed by atoms with E-state index in [0.29, 0.717) is 23.7 Å². The Balaban J connectivity index is 1.41. The predicted molar refractivity (Wildman–Crippen MR) is 143 cm³/mol. The molecule has 1 aliphatic carbocycles. The van der Waals surface area contributed by atoms with Gasteiger partial charge < -0.3 is 14.7 Å². The van der Waals surface area contributed by atoms with Gasteiger partial charge in [0.2, 0.25) is 0 Å². The monoisotopic (exact) mass is 501 g/mol. The number of hydrogen-bond donors (Lipinski definition) is 1. The zero-order valence-electron chi connectivity index (χ0n) is 22.5. The van der Waals surface area contributed by atoms with Crippen molar-refractivity contribution in [2.24, 2.45) is 5.41 Å². The Kier molecular flexibility index (Phi) is 6.21. The Bertz CT molecular complexity index is 1250. The third kappa shape index (κ3) is 4.31. The Hall–Kier alpha value is -2.61. The Morgan fingerprint density at radius 3 is 2.35 bits per heavy atom. The normalized spacial score (nSPS) is 22.1. The minimum Gasteiger partial charge on any atom is -0.381 e. The van der Waals surface area contributed by atoms with E-state index in [0.717, 1.165) is 74.5 Å². The van der Waals surface area contributed by atoms with E-state index in [1.807, 2.05) is 12.4 Å². The lowest BCUT2D eigenvalue weighted by atomic mass is 9.62. The van der Waals surface area contributed by atoms with Crippen LogP contribution in [0.15, 0.2) is 42.7 Å². The first-order valence-electron chi connectivity index (χ1n) is 13.8. The van der Waals surface area contributed by atoms with Crippen LogP contribution in [-0.2, 0) is 10.3 Å². The highest BCUT2D eigenvalue weighted by Crippen LogP contribution is 2.50. The minimum atomic E-state index is -1.18. The van der Waals surface area contributed by atoms with Crippen LogP contribution in [0.4, 0.5) is 0 Å². The van der Waals surface area contributed by atoms with Gasteiger partial charge in [-0.15, -0.1) is 0 Å². The van der Waals surface area contributed by atoms with Gasteiger partial charge in [-0.3, -0.25) is 4.98 Å². The van der Waals surface area contributed by atoms with Crippen LogP contribution in [0.25, 0.3) is 11.4 Å². The molecule has 1 atom stereocenters. The van der Waals surface area contributed by atoms with Gasteiger partial charge in [0.05, 0.1) is 6.04 Å². The first-order valence-corrected chi connectivity index (χ1v) is 13.8. The van der Waals surface area contributed by atoms with Crippen molar-refractivity contribution in [1.29, 1.82) is 0 Å². The number of ether oxygens (including phenoxy) is 1. The predicted octanol–water partition coefficient (Wildman–Crippen LogP) is 4.88. The van der Waals surface area contributed by atoms with Crippen molar-refractivity contribution in [3.05, 3.63) is 65.2 Å². The molecule has 3 fully saturated rings. The molecule has 3 aliphatic rings. The molecule has 1 saturated carbocycles. The van der Waals surface area contributed by atoms with Crippen LogP contribution in [0.2, 0.25) is 0 Å². The average molecular weight is 502 g/mol. The summed E-state index contributed by atoms with van der Waals surface area (Å²) in [7, 11) is 2.10. The molecule has 0 radical (unpaired) electrons. The second-order valence-electron chi connectivity index (χ2n) is 12.0. The maximum absolute atomic E-state index is 12.6. The van der Waals surface area contributed by atoms with Crippen LogP contribution < -0.4 is 0 Å². The smallest absolute Gasteiger partial charge is 0.182 e. The fourth-order valence-corrected chi connectivity index (χ4v) is 6.39. The van der Waals surface area contributed by atoms with E-state index in [4.69, 9.17) is 14.8 Å². The van der Waals surface area contributed by atoms with E-state index in [2.05, 4.69) is 72.7 Å². The molecule has 196 valence electrons. The van der Waals surface area contributed by atoms with Crippen molar-refractivity contribution in [2.45, 2.75) is 69.9 Å². The molecule has 6 rings (SSSR count). The summed E-state index contributed by atoms with van der Waals surface area (Å²) in [5, 5.41) is 17.6. The summed E-state index contributed by atoms with van der Waals surface area (Å²) in [6.07, 6.45) is 7.95. The summed E-state index contributed by atoms with van der Waals surface area (Å²) in [4.78, 5) is 11.9. The van der Waals surface area contributed by atoms with Gasteiger partial charge in [-0.25, -0.2) is 9.67 Å². The van der Waals surface area contributed by atoms with Gasteiger partial charge in [-0.1, -0.05) is 45.0 Å². The molecule has 7 nitrogen and oxygen atoms in total. The lowest BCUT2D eigenvalue weighted by Gasteiger charge is -2.55. The molecule has 0 amide bonds. The zero-order chi connectivity index (χ0) is 25.8. The molecule has 2 aliphatic heterocycles. The van der Waals surface area contributed by atoms with Gasteiger partial charge in [-0.2, -0.15) is 5.10 Å². The van der Waals surface area contributed by atoms with E-state index in [1.54, 1.807) is 0 Å². The lowest BCUT2D eigenvalue weighted by Crippen LogP contribution is -2.63. The van der Waals surface area contributed by atoms with E-state index in [-0.39, 0.29) is 5.41 Å². The highest BCUT2D eigenvalue weighted by Gasteiger charge is 2.55. The van der Waals surface area contributed by atoms with Crippen LogP contribution in [0.5, 0.6) is 0 Å². The summed E-state index contributed by atoms with van der Waals surface area (Å²) >= 11 is 0. The first-order chi connectivity index (χ1) is 17.8. The van der Waals surface area contributed by atoms with Crippen LogP contribution in [-0.4, -0.2) is 63.1 Å². The Morgan fingerprint density at radius 2 is 1.73 bits per heavy atom. The average Bonchev–Trinajstić information content (AvgIpc) is 3.65. The molecule has 7 heteroatoms. The van der Waals surface area contributed by atoms with E-state index in [9.17, 15) is 5.11 Å². The number of aliphatic hydroxyl groups is 1. The summed E-state index contributed by atoms with van der Waals surface area (Å²) in [5.41, 5.74) is 2.32. The molecule has 1 aromatic carbocycles. The van der Waals surface area contributed by atoms with Crippen LogP contribution in [0, 0.1) is 5.41 Å². The zero-order valence-corrected chi connectivity index (χ0v) is 22.5. The van der Waals surface area contributed by atoms with Gasteiger partial charge in [-0.05, 0) is 55.8 Å². The number of rotatable bonds is 7. The third-order valence-electron chi connectivity index (χ3n) is 8.66. The second kappa shape index (κ2) is 9.29. The van der Waals surface area contributed by atoms with Crippen molar-refractivity contribution in [2.75, 3.05) is 33.4 Å². The van der Waals surface area contributed by atoms with E-state index in [1.165, 1.54) is 5.56 Å². The quantitative estimate of drug-likeness (QED) is 0.497. The van der Waals surface area contributed by atoms with Crippen molar-refractivity contribution < 1.29 is 9.84 Å². The molecular weight excluding hydrogens is 462 g/mol. The molecular formula is C30H39N5O2. The van der Waals surface area contributed by atoms with Gasteiger partial charge >= 0.3 is 0 Å². The van der Waals surface area contributed by atoms with Crippen LogP contribution in [0.1, 0.15) is 86.8 Å². The van der Waals surface area contributed by atoms with Gasteiger partial charge in [0.25, 0.3) is 0 Å². The maximum atomic E-state index is 12.6. The molecule has 0 spiro atoms. The van der Waals surface area contributed by atoms with Crippen molar-refractivity contribution in [3.8, 4) is 11.4 Å². The number of hydrogen-bond acceptors (Lipinski definition) is 6. The molecule has 1 N–H and O–H groups in total. The molecule has 3 aromatic rings. The number of nitrogens with zero attached hydrogens (tertiary/aromatic N) is 5. The number of pyridine rings is 1. The minimum absolute atomic E-state index is 0.338. The van der Waals surface area contributed by atoms with Crippen molar-refractivity contribution >= 4 is 0 Å². The van der Waals surface area contributed by atoms with Crippen LogP contribution in [0.3, 0.4) is 0 Å². The van der Waals surface area contributed by atoms with Gasteiger partial charge in [0.1, 0.15) is 11.4 Å². The van der Waals surface area contributed by atoms with E-state index >= 15 is 0 Å². The fraction of sp³-hybridized carbons (Fsp3) is 0.567. The molecule has 4 heterocycles. The topological polar surface area (TPSA) is 76.3 Å². The van der Waals surface area contributed by atoms with Crippen molar-refractivity contribution in [3.63, 3.8) is 0 Å². The summed E-state index contributed by atoms with van der Waals surface area (Å²) < 4.78 is 7.76. The lowest BCUT2D eigenvalue weighted by molar-refractivity contribution is -0.127. The SMILES string of the molecule is CC(C)c1ccc(C(O)(c2cncc(-c3nc(C4CCOCC4)n(C4CC4)n3)c2)C2(C)CN(C)C2)cc1. The Labute approximate surface area is 219 Å². The Morgan fingerprint density at radius 1 is 1.03 bits per heavy atom. The summed E-state index contributed by atoms with van der Waals surface area (Å²) in [6, 6.07) is 11.0. The largest absolute Gasteiger partial charge is 0.381 e. The number of benzene rings is 1. The van der Waals surface area contributed by atoms with Crippen LogP contribution >= 0.6 is 0 Å². The highest BCUT2D eigenvalue weighted by atomic mass is 16.5. The van der Waals surface area contributed by atoms with Crippen molar-refractivity contribution in [1.82, 2.24) is 24.6 Å². The fourth-order valence-electron chi connectivity index (χ4n) is 6.39. The summed E-state index contributed by atoms with van der Waals surface area (Å²) in [6.45, 7) is 9.75. The van der Waals surface area contributed by atoms with E-state index < -0.39 is 5.60 Å². The maximum Gasteiger partial charge on any atom is 0.182 e. The molecule has 2 aromatic heterocycles. The van der Waals surface area contributed by atoms with Gasteiger partial charge in [0, 0.05) is 61.2 Å². The first kappa shape index (κ1) is 24.7. The summed E-state index contributed by atoms with van der Waals surface area (Å²) in [5.74, 6) is 2.61. The standard InChI is InChI=1S/C30H39N5O2/c1-20(2)21-5-7-24(8-6-21)30(36,29(3)18-34(4)19-29)25-15-23(16-31-17-25)27-32-28(22-11-13-37-14-12-22)35(33-27)26-9-10-26/h5-8,15-17,20,22,26,36H,9-14,18-19H2,1-4H3. The molecule has 0 bridgehead atoms. The number of aromatic nitrogens is 4. The van der Waals surface area contributed by atoms with Gasteiger partial charge in [0.15, 0.2) is 5.82 Å². The molecule has 1 unspecified atom stereocenters.